The van der Waals surface area contributed by atoms with Crippen molar-refractivity contribution in [3.63, 3.8) is 0 Å². The van der Waals surface area contributed by atoms with Crippen LogP contribution in [-0.2, 0) is 16.0 Å². The van der Waals surface area contributed by atoms with E-state index in [1.165, 1.54) is 0 Å². The fraction of sp³-hybridized carbons (Fsp3) is 0.556. The Kier molecular flexibility index (Phi) is 7.40. The van der Waals surface area contributed by atoms with Gasteiger partial charge in [0.05, 0.1) is 0 Å². The molecule has 0 atom stereocenters. The van der Waals surface area contributed by atoms with Gasteiger partial charge in [-0.25, -0.2) is 0 Å². The van der Waals surface area contributed by atoms with E-state index in [2.05, 4.69) is 5.32 Å². The number of halogens is 1. The summed E-state index contributed by atoms with van der Waals surface area (Å²) in [6.07, 6.45) is 5.89. The number of amides is 2. The van der Waals surface area contributed by atoms with E-state index >= 15 is 0 Å². The van der Waals surface area contributed by atoms with Gasteiger partial charge >= 0.3 is 0 Å². The summed E-state index contributed by atoms with van der Waals surface area (Å²) in [5.74, 6) is 0.307. The number of benzene rings is 1. The standard InChI is InChI=1S/C18H25ClN2O2/c19-16-7-4-6-15(14-16)9-10-17(22)20-11-5-13-21-12-3-1-2-8-18(21)23/h4,6-7,14H,1-3,5,8-13H2,(H,20,22). The third kappa shape index (κ3) is 6.61. The Bertz CT molecular complexity index is 534. The minimum atomic E-state index is 0.0483. The number of nitrogens with one attached hydrogen (secondary N) is 1. The molecule has 1 fully saturated rings. The van der Waals surface area contributed by atoms with Gasteiger partial charge in [0, 0.05) is 37.5 Å². The van der Waals surface area contributed by atoms with Crippen molar-refractivity contribution in [3.8, 4) is 0 Å². The van der Waals surface area contributed by atoms with E-state index in [0.717, 1.165) is 44.3 Å². The molecule has 1 heterocycles. The highest BCUT2D eigenvalue weighted by atomic mass is 35.5. The number of rotatable bonds is 7. The van der Waals surface area contributed by atoms with Crippen LogP contribution in [0.3, 0.4) is 0 Å². The van der Waals surface area contributed by atoms with E-state index in [-0.39, 0.29) is 11.8 Å². The Hall–Kier alpha value is -1.55. The molecule has 0 aliphatic carbocycles. The van der Waals surface area contributed by atoms with Gasteiger partial charge in [-0.05, 0) is 43.4 Å². The highest BCUT2D eigenvalue weighted by Gasteiger charge is 2.15. The molecular weight excluding hydrogens is 312 g/mol. The lowest BCUT2D eigenvalue weighted by Gasteiger charge is -2.20. The van der Waals surface area contributed by atoms with Crippen LogP contribution in [0.2, 0.25) is 5.02 Å². The molecule has 1 saturated heterocycles. The zero-order valence-corrected chi connectivity index (χ0v) is 14.3. The second-order valence-corrected chi connectivity index (χ2v) is 6.46. The smallest absolute Gasteiger partial charge is 0.222 e. The third-order valence-corrected chi connectivity index (χ3v) is 4.36. The maximum Gasteiger partial charge on any atom is 0.222 e. The summed E-state index contributed by atoms with van der Waals surface area (Å²) in [5.41, 5.74) is 1.07. The first-order valence-electron chi connectivity index (χ1n) is 8.44. The van der Waals surface area contributed by atoms with Crippen LogP contribution >= 0.6 is 11.6 Å². The quantitative estimate of drug-likeness (QED) is 0.777. The van der Waals surface area contributed by atoms with Crippen LogP contribution in [-0.4, -0.2) is 36.3 Å². The monoisotopic (exact) mass is 336 g/mol. The van der Waals surface area contributed by atoms with Crippen molar-refractivity contribution in [1.29, 1.82) is 0 Å². The minimum Gasteiger partial charge on any atom is -0.356 e. The van der Waals surface area contributed by atoms with Gasteiger partial charge in [-0.15, -0.1) is 0 Å². The predicted octanol–water partition coefficient (Wildman–Crippen LogP) is 3.18. The average Bonchev–Trinajstić information content (AvgIpc) is 2.74. The lowest BCUT2D eigenvalue weighted by molar-refractivity contribution is -0.130. The van der Waals surface area contributed by atoms with Crippen LogP contribution in [0, 0.1) is 0 Å². The zero-order valence-electron chi connectivity index (χ0n) is 13.5. The van der Waals surface area contributed by atoms with Crippen molar-refractivity contribution in [2.24, 2.45) is 0 Å². The Labute approximate surface area is 143 Å². The number of nitrogens with zero attached hydrogens (tertiary/aromatic N) is 1. The second-order valence-electron chi connectivity index (χ2n) is 6.02. The van der Waals surface area contributed by atoms with Gasteiger partial charge in [0.25, 0.3) is 0 Å². The summed E-state index contributed by atoms with van der Waals surface area (Å²) in [6, 6.07) is 7.59. The number of aryl methyl sites for hydroxylation is 1. The van der Waals surface area contributed by atoms with Gasteiger partial charge in [0.2, 0.25) is 11.8 Å². The molecule has 0 unspecified atom stereocenters. The van der Waals surface area contributed by atoms with Crippen LogP contribution in [0.15, 0.2) is 24.3 Å². The molecule has 1 aromatic rings. The summed E-state index contributed by atoms with van der Waals surface area (Å²) in [7, 11) is 0. The van der Waals surface area contributed by atoms with E-state index in [4.69, 9.17) is 11.6 Å². The number of carbonyl (C=O) groups is 2. The molecule has 1 aliphatic rings. The summed E-state index contributed by atoms with van der Waals surface area (Å²) in [6.45, 7) is 2.23. The van der Waals surface area contributed by atoms with Gasteiger partial charge < -0.3 is 10.2 Å². The highest BCUT2D eigenvalue weighted by Crippen LogP contribution is 2.12. The van der Waals surface area contributed by atoms with E-state index < -0.39 is 0 Å². The van der Waals surface area contributed by atoms with Crippen LogP contribution in [0.25, 0.3) is 0 Å². The Morgan fingerprint density at radius 3 is 2.96 bits per heavy atom. The van der Waals surface area contributed by atoms with Crippen molar-refractivity contribution in [2.75, 3.05) is 19.6 Å². The lowest BCUT2D eigenvalue weighted by atomic mass is 10.1. The van der Waals surface area contributed by atoms with Crippen molar-refractivity contribution in [2.45, 2.75) is 44.9 Å². The summed E-state index contributed by atoms with van der Waals surface area (Å²) >= 11 is 5.93. The lowest BCUT2D eigenvalue weighted by Crippen LogP contribution is -2.34. The molecular formula is C18H25ClN2O2. The fourth-order valence-electron chi connectivity index (χ4n) is 2.81. The first-order chi connectivity index (χ1) is 11.1. The average molecular weight is 337 g/mol. The first-order valence-corrected chi connectivity index (χ1v) is 8.82. The van der Waals surface area contributed by atoms with Crippen LogP contribution < -0.4 is 5.32 Å². The van der Waals surface area contributed by atoms with E-state index in [1.807, 2.05) is 29.2 Å². The topological polar surface area (TPSA) is 49.4 Å². The zero-order chi connectivity index (χ0) is 16.5. The van der Waals surface area contributed by atoms with Gasteiger partial charge in [-0.2, -0.15) is 0 Å². The van der Waals surface area contributed by atoms with E-state index in [9.17, 15) is 9.59 Å². The maximum absolute atomic E-state index is 11.9. The largest absolute Gasteiger partial charge is 0.356 e. The third-order valence-electron chi connectivity index (χ3n) is 4.13. The highest BCUT2D eigenvalue weighted by molar-refractivity contribution is 6.30. The second kappa shape index (κ2) is 9.56. The van der Waals surface area contributed by atoms with Gasteiger partial charge in [0.1, 0.15) is 0 Å². The molecule has 0 radical (unpaired) electrons. The van der Waals surface area contributed by atoms with Crippen molar-refractivity contribution >= 4 is 23.4 Å². The molecule has 1 aromatic carbocycles. The molecule has 0 saturated carbocycles. The molecule has 0 bridgehead atoms. The Morgan fingerprint density at radius 2 is 2.13 bits per heavy atom. The summed E-state index contributed by atoms with van der Waals surface area (Å²) < 4.78 is 0. The molecule has 1 aliphatic heterocycles. The number of hydrogen-bond donors (Lipinski definition) is 1. The van der Waals surface area contributed by atoms with Crippen LogP contribution in [0.5, 0.6) is 0 Å². The van der Waals surface area contributed by atoms with Crippen LogP contribution in [0.4, 0.5) is 0 Å². The molecule has 23 heavy (non-hydrogen) atoms. The molecule has 5 heteroatoms. The number of carbonyl (C=O) groups excluding carboxylic acids is 2. The van der Waals surface area contributed by atoms with Crippen molar-refractivity contribution < 1.29 is 9.59 Å². The van der Waals surface area contributed by atoms with Gasteiger partial charge in [-0.3, -0.25) is 9.59 Å². The maximum atomic E-state index is 11.9. The SMILES string of the molecule is O=C(CCc1cccc(Cl)c1)NCCCN1CCCCCC1=O. The molecule has 2 rings (SSSR count). The molecule has 4 nitrogen and oxygen atoms in total. The molecule has 2 amide bonds. The normalized spacial score (nSPS) is 15.3. The minimum absolute atomic E-state index is 0.0483. The molecule has 126 valence electrons. The fourth-order valence-corrected chi connectivity index (χ4v) is 3.02. The number of likely N-dealkylation sites (tertiary alicyclic amines) is 1. The molecule has 0 aromatic heterocycles. The van der Waals surface area contributed by atoms with Gasteiger partial charge in [-0.1, -0.05) is 30.2 Å². The Balaban J connectivity index is 1.60. The van der Waals surface area contributed by atoms with Crippen LogP contribution in [0.1, 0.15) is 44.1 Å². The van der Waals surface area contributed by atoms with E-state index in [0.29, 0.717) is 30.8 Å². The molecule has 0 spiro atoms. The number of hydrogen-bond acceptors (Lipinski definition) is 2. The first kappa shape index (κ1) is 17.8. The van der Waals surface area contributed by atoms with E-state index in [1.54, 1.807) is 0 Å². The van der Waals surface area contributed by atoms with Crippen molar-refractivity contribution in [1.82, 2.24) is 10.2 Å². The predicted molar refractivity (Wildman–Crippen MR) is 92.4 cm³/mol. The van der Waals surface area contributed by atoms with Crippen molar-refractivity contribution in [3.05, 3.63) is 34.9 Å². The summed E-state index contributed by atoms with van der Waals surface area (Å²) in [5, 5.41) is 3.63. The Morgan fingerprint density at radius 1 is 1.26 bits per heavy atom. The molecule has 1 N–H and O–H groups in total. The van der Waals surface area contributed by atoms with Gasteiger partial charge in [0.15, 0.2) is 0 Å². The summed E-state index contributed by atoms with van der Waals surface area (Å²) in [4.78, 5) is 25.6.